The maximum Gasteiger partial charge on any atom is 0.244 e. The van der Waals surface area contributed by atoms with E-state index in [-0.39, 0.29) is 16.6 Å². The molecular formula is C10H25Al. The van der Waals surface area contributed by atoms with Crippen molar-refractivity contribution in [1.82, 2.24) is 0 Å². The van der Waals surface area contributed by atoms with Gasteiger partial charge in [0.2, 0.25) is 15.2 Å². The lowest BCUT2D eigenvalue weighted by atomic mass is 10.2. The third-order valence-corrected chi connectivity index (χ3v) is 6.62. The van der Waals surface area contributed by atoms with Gasteiger partial charge in [0, 0.05) is 1.43 Å². The van der Waals surface area contributed by atoms with Crippen molar-refractivity contribution in [3.63, 3.8) is 0 Å². The maximum atomic E-state index is 2.35. The van der Waals surface area contributed by atoms with E-state index in [1.54, 1.807) is 0 Å². The lowest BCUT2D eigenvalue weighted by molar-refractivity contribution is 0.699. The van der Waals surface area contributed by atoms with Crippen LogP contribution in [0.3, 0.4) is 0 Å². The van der Waals surface area contributed by atoms with Crippen LogP contribution in [0.1, 0.15) is 54.8 Å². The van der Waals surface area contributed by atoms with Crippen LogP contribution in [0.5, 0.6) is 0 Å². The molecule has 0 aromatic carbocycles. The third kappa shape index (κ3) is 4.88. The predicted molar refractivity (Wildman–Crippen MR) is 57.9 cm³/mol. The Bertz CT molecular complexity index is 67.9. The zero-order chi connectivity index (χ0) is 8.69. The summed E-state index contributed by atoms with van der Waals surface area (Å²) in [6.07, 6.45) is 5.72. The summed E-state index contributed by atoms with van der Waals surface area (Å²) in [5.74, 6) is 0. The lowest BCUT2D eigenvalue weighted by Gasteiger charge is -2.16. The van der Waals surface area contributed by atoms with Gasteiger partial charge in [0.1, 0.15) is 0 Å². The minimum absolute atomic E-state index is 0. The first-order valence-electron chi connectivity index (χ1n) is 5.28. The van der Waals surface area contributed by atoms with E-state index in [1.165, 1.54) is 25.7 Å². The van der Waals surface area contributed by atoms with E-state index < -0.39 is 0 Å². The van der Waals surface area contributed by atoms with Crippen molar-refractivity contribution in [3.05, 3.63) is 0 Å². The highest BCUT2D eigenvalue weighted by Crippen LogP contribution is 2.23. The second kappa shape index (κ2) is 7.20. The summed E-state index contributed by atoms with van der Waals surface area (Å²) in [5, 5.41) is 0. The van der Waals surface area contributed by atoms with Crippen LogP contribution in [0.25, 0.3) is 0 Å². The first-order chi connectivity index (χ1) is 5.28. The molecule has 0 rings (SSSR count). The van der Waals surface area contributed by atoms with Gasteiger partial charge in [0.15, 0.2) is 0 Å². The number of rotatable bonds is 6. The molecule has 0 aliphatic heterocycles. The monoisotopic (exact) mass is 172 g/mol. The summed E-state index contributed by atoms with van der Waals surface area (Å²) in [4.78, 5) is 0. The average Bonchev–Trinajstić information content (AvgIpc) is 2.07. The Morgan fingerprint density at radius 3 is 1.27 bits per heavy atom. The van der Waals surface area contributed by atoms with Crippen LogP contribution in [-0.2, 0) is 0 Å². The van der Waals surface area contributed by atoms with Gasteiger partial charge in [-0.1, -0.05) is 62.9 Å². The molecule has 0 bridgehead atoms. The van der Waals surface area contributed by atoms with E-state index in [0.29, 0.717) is 0 Å². The fourth-order valence-corrected chi connectivity index (χ4v) is 3.99. The van der Waals surface area contributed by atoms with E-state index in [9.17, 15) is 0 Å². The Morgan fingerprint density at radius 2 is 1.09 bits per heavy atom. The SMILES string of the molecule is CC[CH](CC)[AlH][CH](CC)CC.[HH]. The van der Waals surface area contributed by atoms with Crippen LogP contribution in [0.4, 0.5) is 0 Å². The Labute approximate surface area is 80.0 Å². The van der Waals surface area contributed by atoms with Crippen molar-refractivity contribution >= 4 is 15.2 Å². The summed E-state index contributed by atoms with van der Waals surface area (Å²) >= 11 is 0.239. The van der Waals surface area contributed by atoms with Crippen molar-refractivity contribution in [1.29, 1.82) is 0 Å². The molecule has 0 spiro atoms. The molecule has 0 fully saturated rings. The highest BCUT2D eigenvalue weighted by Gasteiger charge is 2.13. The van der Waals surface area contributed by atoms with Crippen LogP contribution in [0.2, 0.25) is 9.56 Å². The van der Waals surface area contributed by atoms with Crippen molar-refractivity contribution in [3.8, 4) is 0 Å². The van der Waals surface area contributed by atoms with E-state index in [4.69, 9.17) is 0 Å². The summed E-state index contributed by atoms with van der Waals surface area (Å²) in [6, 6.07) is 0. The topological polar surface area (TPSA) is 0 Å². The zero-order valence-corrected chi connectivity index (χ0v) is 10.1. The molecule has 0 aromatic heterocycles. The molecule has 1 heteroatoms. The molecule has 0 atom stereocenters. The molecule has 0 unspecified atom stereocenters. The largest absolute Gasteiger partial charge is 0.244 e. The molecule has 0 saturated carbocycles. The van der Waals surface area contributed by atoms with Crippen LogP contribution >= 0.6 is 0 Å². The Morgan fingerprint density at radius 1 is 0.818 bits per heavy atom. The highest BCUT2D eigenvalue weighted by atomic mass is 27.1. The number of hydrogen-bond donors (Lipinski definition) is 0. The van der Waals surface area contributed by atoms with E-state index in [0.717, 1.165) is 9.56 Å². The van der Waals surface area contributed by atoms with Gasteiger partial charge in [0.25, 0.3) is 0 Å². The molecule has 0 nitrogen and oxygen atoms in total. The summed E-state index contributed by atoms with van der Waals surface area (Å²) in [7, 11) is 0. The minimum Gasteiger partial charge on any atom is -0.0862 e. The van der Waals surface area contributed by atoms with Crippen LogP contribution in [0.15, 0.2) is 0 Å². The summed E-state index contributed by atoms with van der Waals surface area (Å²) in [5.41, 5.74) is 0. The van der Waals surface area contributed by atoms with E-state index in [1.807, 2.05) is 0 Å². The van der Waals surface area contributed by atoms with Crippen LogP contribution in [0, 0.1) is 0 Å². The quantitative estimate of drug-likeness (QED) is 0.533. The standard InChI is InChI=1S/2C5H11.Al.H2.H/c2*1-3-5-4-2;;;/h2*5H,3-4H2,1-2H3;;1H;. The van der Waals surface area contributed by atoms with Gasteiger partial charge in [-0.3, -0.25) is 0 Å². The summed E-state index contributed by atoms with van der Waals surface area (Å²) in [6.45, 7) is 9.40. The van der Waals surface area contributed by atoms with Crippen molar-refractivity contribution in [2.75, 3.05) is 0 Å². The zero-order valence-electron chi connectivity index (χ0n) is 8.69. The van der Waals surface area contributed by atoms with Gasteiger partial charge < -0.3 is 0 Å². The smallest absolute Gasteiger partial charge is 0.0862 e. The number of hydrogen-bond acceptors (Lipinski definition) is 0. The molecule has 0 aromatic rings. The minimum atomic E-state index is 0. The van der Waals surface area contributed by atoms with Gasteiger partial charge in [-0.15, -0.1) is 0 Å². The molecule has 0 saturated heterocycles. The summed E-state index contributed by atoms with van der Waals surface area (Å²) < 4.78 is 2.25. The first kappa shape index (κ1) is 11.5. The fraction of sp³-hybridized carbons (Fsp3) is 1.00. The van der Waals surface area contributed by atoms with Crippen molar-refractivity contribution in [2.45, 2.75) is 62.9 Å². The van der Waals surface area contributed by atoms with Gasteiger partial charge in [0.05, 0.1) is 0 Å². The molecule has 0 aliphatic rings. The van der Waals surface area contributed by atoms with Gasteiger partial charge in [-0.05, 0) is 0 Å². The molecule has 68 valence electrons. The van der Waals surface area contributed by atoms with Crippen molar-refractivity contribution in [2.24, 2.45) is 0 Å². The molecule has 0 amide bonds. The Hall–Kier alpha value is 0.532. The normalized spacial score (nSPS) is 11.1. The van der Waals surface area contributed by atoms with Crippen LogP contribution < -0.4 is 0 Å². The first-order valence-corrected chi connectivity index (χ1v) is 6.91. The highest BCUT2D eigenvalue weighted by molar-refractivity contribution is 6.39. The van der Waals surface area contributed by atoms with Crippen molar-refractivity contribution < 1.29 is 1.43 Å². The van der Waals surface area contributed by atoms with Gasteiger partial charge >= 0.3 is 0 Å². The second-order valence-corrected chi connectivity index (χ2v) is 6.38. The maximum absolute atomic E-state index is 2.35. The average molecular weight is 172 g/mol. The van der Waals surface area contributed by atoms with E-state index in [2.05, 4.69) is 27.7 Å². The van der Waals surface area contributed by atoms with E-state index >= 15 is 0 Å². The fourth-order valence-electron chi connectivity index (χ4n) is 1.72. The molecule has 0 aliphatic carbocycles. The van der Waals surface area contributed by atoms with Gasteiger partial charge in [-0.25, -0.2) is 0 Å². The Kier molecular flexibility index (Phi) is 7.54. The molecule has 0 heterocycles. The predicted octanol–water partition coefficient (Wildman–Crippen LogP) is 3.89. The Balaban J connectivity index is 0. The third-order valence-electron chi connectivity index (χ3n) is 2.98. The van der Waals surface area contributed by atoms with Crippen LogP contribution in [-0.4, -0.2) is 15.2 Å². The second-order valence-electron chi connectivity index (χ2n) is 3.60. The molecule has 0 N–H and O–H groups in total. The molecular weight excluding hydrogens is 147 g/mol. The lowest BCUT2D eigenvalue weighted by Crippen LogP contribution is -2.08. The van der Waals surface area contributed by atoms with Gasteiger partial charge in [-0.2, -0.15) is 0 Å². The molecule has 11 heavy (non-hydrogen) atoms. The molecule has 0 radical (unpaired) electrons.